The van der Waals surface area contributed by atoms with Crippen LogP contribution in [0.2, 0.25) is 0 Å². The van der Waals surface area contributed by atoms with E-state index in [0.717, 1.165) is 25.7 Å². The fourth-order valence-corrected chi connectivity index (χ4v) is 3.73. The van der Waals surface area contributed by atoms with Crippen LogP contribution < -0.4 is 0 Å². The van der Waals surface area contributed by atoms with E-state index in [9.17, 15) is 8.42 Å². The Kier molecular flexibility index (Phi) is 3.48. The van der Waals surface area contributed by atoms with E-state index in [0.29, 0.717) is 24.9 Å². The van der Waals surface area contributed by atoms with E-state index in [2.05, 4.69) is 4.98 Å². The minimum atomic E-state index is -3.47. The highest BCUT2D eigenvalue weighted by molar-refractivity contribution is 7.89. The Morgan fingerprint density at radius 1 is 1.20 bits per heavy atom. The number of pyridine rings is 1. The van der Waals surface area contributed by atoms with Crippen molar-refractivity contribution < 1.29 is 8.42 Å². The second kappa shape index (κ2) is 5.15. The van der Waals surface area contributed by atoms with Gasteiger partial charge in [0.25, 0.3) is 0 Å². The summed E-state index contributed by atoms with van der Waals surface area (Å²) in [6.45, 7) is 1.25. The first-order valence-corrected chi connectivity index (χ1v) is 8.40. The van der Waals surface area contributed by atoms with Gasteiger partial charge < -0.3 is 0 Å². The van der Waals surface area contributed by atoms with Gasteiger partial charge in [-0.15, -0.1) is 0 Å². The van der Waals surface area contributed by atoms with Gasteiger partial charge in [-0.1, -0.05) is 0 Å². The summed E-state index contributed by atoms with van der Waals surface area (Å²) in [5.74, 6) is 1.05. The largest absolute Gasteiger partial charge is 0.244 e. The van der Waals surface area contributed by atoms with Gasteiger partial charge in [-0.2, -0.15) is 9.57 Å². The van der Waals surface area contributed by atoms with Gasteiger partial charge in [-0.3, -0.25) is 0 Å². The molecule has 5 nitrogen and oxygen atoms in total. The standard InChI is InChI=1S/C14H17N3O2S/c15-7-13-5-6-14(8-16-13)20(18,19)17(9-11-1-2-11)10-12-3-4-12/h5-6,8,11-12H,1-4,9-10H2. The van der Waals surface area contributed by atoms with Crippen LogP contribution in [0, 0.1) is 23.2 Å². The fourth-order valence-electron chi connectivity index (χ4n) is 2.20. The summed E-state index contributed by atoms with van der Waals surface area (Å²) in [5, 5.41) is 8.72. The third-order valence-corrected chi connectivity index (χ3v) is 5.62. The molecule has 1 heterocycles. The Morgan fingerprint density at radius 3 is 2.20 bits per heavy atom. The summed E-state index contributed by atoms with van der Waals surface area (Å²) in [4.78, 5) is 4.06. The Balaban J connectivity index is 1.83. The smallest absolute Gasteiger partial charge is 0.244 e. The lowest BCUT2D eigenvalue weighted by Gasteiger charge is -2.21. The molecule has 1 aromatic heterocycles. The van der Waals surface area contributed by atoms with Gasteiger partial charge in [0.1, 0.15) is 16.7 Å². The molecule has 0 saturated heterocycles. The molecule has 2 saturated carbocycles. The van der Waals surface area contributed by atoms with Crippen LogP contribution in [0.5, 0.6) is 0 Å². The molecular weight excluding hydrogens is 274 g/mol. The van der Waals surface area contributed by atoms with Crippen molar-refractivity contribution in [2.24, 2.45) is 11.8 Å². The average Bonchev–Trinajstić information content (AvgIpc) is 3.33. The average molecular weight is 291 g/mol. The lowest BCUT2D eigenvalue weighted by Crippen LogP contribution is -2.34. The molecule has 6 heteroatoms. The number of rotatable bonds is 6. The van der Waals surface area contributed by atoms with Crippen molar-refractivity contribution in [3.8, 4) is 6.07 Å². The van der Waals surface area contributed by atoms with Crippen molar-refractivity contribution in [3.63, 3.8) is 0 Å². The van der Waals surface area contributed by atoms with Crippen molar-refractivity contribution in [1.82, 2.24) is 9.29 Å². The van der Waals surface area contributed by atoms with Crippen LogP contribution in [0.4, 0.5) is 0 Å². The van der Waals surface area contributed by atoms with Gasteiger partial charge in [0.2, 0.25) is 10.0 Å². The number of nitriles is 1. The molecule has 2 aliphatic rings. The van der Waals surface area contributed by atoms with Crippen LogP contribution in [-0.4, -0.2) is 30.8 Å². The molecule has 1 aromatic rings. The van der Waals surface area contributed by atoms with Gasteiger partial charge in [-0.05, 0) is 49.7 Å². The molecule has 0 N–H and O–H groups in total. The summed E-state index contributed by atoms with van der Waals surface area (Å²) in [6.07, 6.45) is 5.80. The summed E-state index contributed by atoms with van der Waals surface area (Å²) in [5.41, 5.74) is 0.236. The normalized spacial score (nSPS) is 19.0. The molecule has 0 atom stereocenters. The molecule has 0 bridgehead atoms. The van der Waals surface area contributed by atoms with Crippen LogP contribution >= 0.6 is 0 Å². The molecule has 106 valence electrons. The third-order valence-electron chi connectivity index (χ3n) is 3.81. The van der Waals surface area contributed by atoms with Gasteiger partial charge in [0, 0.05) is 19.3 Å². The fraction of sp³-hybridized carbons (Fsp3) is 0.571. The molecule has 2 aliphatic carbocycles. The number of nitrogens with zero attached hydrogens (tertiary/aromatic N) is 3. The first-order valence-electron chi connectivity index (χ1n) is 6.96. The summed E-state index contributed by atoms with van der Waals surface area (Å²) in [7, 11) is -3.47. The van der Waals surface area contributed by atoms with E-state index in [1.807, 2.05) is 6.07 Å². The van der Waals surface area contributed by atoms with E-state index >= 15 is 0 Å². The van der Waals surface area contributed by atoms with E-state index in [4.69, 9.17) is 5.26 Å². The quantitative estimate of drug-likeness (QED) is 0.800. The Bertz CT molecular complexity index is 611. The van der Waals surface area contributed by atoms with Crippen molar-refractivity contribution in [1.29, 1.82) is 5.26 Å². The van der Waals surface area contributed by atoms with Crippen molar-refractivity contribution >= 4 is 10.0 Å². The first-order chi connectivity index (χ1) is 9.59. The van der Waals surface area contributed by atoms with Crippen LogP contribution in [0.3, 0.4) is 0 Å². The Morgan fingerprint density at radius 2 is 1.80 bits per heavy atom. The molecule has 0 unspecified atom stereocenters. The van der Waals surface area contributed by atoms with Crippen molar-refractivity contribution in [2.75, 3.05) is 13.1 Å². The summed E-state index contributed by atoms with van der Waals surface area (Å²) in [6, 6.07) is 4.84. The van der Waals surface area contributed by atoms with Gasteiger partial charge in [0.15, 0.2) is 0 Å². The molecule has 20 heavy (non-hydrogen) atoms. The lowest BCUT2D eigenvalue weighted by atomic mass is 10.4. The van der Waals surface area contributed by atoms with Crippen molar-refractivity contribution in [2.45, 2.75) is 30.6 Å². The van der Waals surface area contributed by atoms with Gasteiger partial charge in [0.05, 0.1) is 0 Å². The summed E-state index contributed by atoms with van der Waals surface area (Å²) < 4.78 is 26.9. The van der Waals surface area contributed by atoms with Crippen LogP contribution in [0.15, 0.2) is 23.2 Å². The maximum absolute atomic E-state index is 12.7. The Hall–Kier alpha value is -1.45. The molecule has 3 rings (SSSR count). The zero-order valence-electron chi connectivity index (χ0n) is 11.2. The van der Waals surface area contributed by atoms with Crippen molar-refractivity contribution in [3.05, 3.63) is 24.0 Å². The van der Waals surface area contributed by atoms with Crippen LogP contribution in [0.1, 0.15) is 31.4 Å². The molecule has 0 aromatic carbocycles. The number of hydrogen-bond acceptors (Lipinski definition) is 4. The number of aromatic nitrogens is 1. The van der Waals surface area contributed by atoms with Gasteiger partial charge in [-0.25, -0.2) is 13.4 Å². The predicted molar refractivity (Wildman–Crippen MR) is 73.2 cm³/mol. The number of hydrogen-bond donors (Lipinski definition) is 0. The minimum Gasteiger partial charge on any atom is -0.244 e. The van der Waals surface area contributed by atoms with E-state index in [-0.39, 0.29) is 10.6 Å². The zero-order chi connectivity index (χ0) is 14.2. The molecule has 0 amide bonds. The van der Waals surface area contributed by atoms with E-state index in [1.54, 1.807) is 4.31 Å². The van der Waals surface area contributed by atoms with Crippen LogP contribution in [0.25, 0.3) is 0 Å². The van der Waals surface area contributed by atoms with Gasteiger partial charge >= 0.3 is 0 Å². The molecule has 2 fully saturated rings. The van der Waals surface area contributed by atoms with E-state index < -0.39 is 10.0 Å². The molecule has 0 aliphatic heterocycles. The second-order valence-electron chi connectivity index (χ2n) is 5.70. The molecule has 0 spiro atoms. The highest BCUT2D eigenvalue weighted by Gasteiger charge is 2.35. The molecular formula is C14H17N3O2S. The second-order valence-corrected chi connectivity index (χ2v) is 7.64. The number of sulfonamides is 1. The maximum atomic E-state index is 12.7. The maximum Gasteiger partial charge on any atom is 0.244 e. The SMILES string of the molecule is N#Cc1ccc(S(=O)(=O)N(CC2CC2)CC2CC2)cn1. The Labute approximate surface area is 119 Å². The van der Waals surface area contributed by atoms with Crippen LogP contribution in [-0.2, 0) is 10.0 Å². The minimum absolute atomic E-state index is 0.192. The highest BCUT2D eigenvalue weighted by Crippen LogP contribution is 2.35. The third kappa shape index (κ3) is 3.00. The predicted octanol–water partition coefficient (Wildman–Crippen LogP) is 1.76. The topological polar surface area (TPSA) is 74.1 Å². The lowest BCUT2D eigenvalue weighted by molar-refractivity contribution is 0.382. The first kappa shape index (κ1) is 13.5. The van der Waals surface area contributed by atoms with E-state index in [1.165, 1.54) is 18.3 Å². The molecule has 0 radical (unpaired) electrons. The highest BCUT2D eigenvalue weighted by atomic mass is 32.2. The zero-order valence-corrected chi connectivity index (χ0v) is 12.0. The monoisotopic (exact) mass is 291 g/mol. The summed E-state index contributed by atoms with van der Waals surface area (Å²) >= 11 is 0.